The van der Waals surface area contributed by atoms with E-state index in [1.807, 2.05) is 5.38 Å². The maximum absolute atomic E-state index is 13.5. The van der Waals surface area contributed by atoms with Crippen molar-refractivity contribution in [1.29, 1.82) is 0 Å². The van der Waals surface area contributed by atoms with Crippen molar-refractivity contribution in [2.24, 2.45) is 0 Å². The molecule has 5 heteroatoms. The summed E-state index contributed by atoms with van der Waals surface area (Å²) in [6.45, 7) is 0. The highest BCUT2D eigenvalue weighted by molar-refractivity contribution is 7.09. The summed E-state index contributed by atoms with van der Waals surface area (Å²) in [7, 11) is 1.43. The van der Waals surface area contributed by atoms with Crippen molar-refractivity contribution >= 4 is 17.6 Å². The number of rotatable bonds is 5. The van der Waals surface area contributed by atoms with Gasteiger partial charge in [-0.2, -0.15) is 0 Å². The standard InChI is InChI=1S/C13H12FNO2S/c1-17-12-5-4-9(7-10(12)14)11-8-18-13(15-11)3-2-6-16/h4-8H,2-3H2,1H3. The van der Waals surface area contributed by atoms with Crippen LogP contribution in [0.2, 0.25) is 0 Å². The Kier molecular flexibility index (Phi) is 4.04. The Hall–Kier alpha value is -1.75. The Bertz CT molecular complexity index is 554. The van der Waals surface area contributed by atoms with Crippen LogP contribution in [-0.4, -0.2) is 18.4 Å². The van der Waals surface area contributed by atoms with Crippen LogP contribution in [0.3, 0.4) is 0 Å². The summed E-state index contributed by atoms with van der Waals surface area (Å²) >= 11 is 1.48. The van der Waals surface area contributed by atoms with Crippen LogP contribution >= 0.6 is 11.3 Å². The summed E-state index contributed by atoms with van der Waals surface area (Å²) < 4.78 is 18.4. The molecule has 0 saturated heterocycles. The van der Waals surface area contributed by atoms with Crippen LogP contribution in [0.25, 0.3) is 11.3 Å². The monoisotopic (exact) mass is 265 g/mol. The van der Waals surface area contributed by atoms with E-state index in [4.69, 9.17) is 4.74 Å². The number of methoxy groups -OCH3 is 1. The number of hydrogen-bond donors (Lipinski definition) is 0. The number of nitrogens with zero attached hydrogens (tertiary/aromatic N) is 1. The molecule has 1 aromatic heterocycles. The van der Waals surface area contributed by atoms with Gasteiger partial charge in [0, 0.05) is 23.8 Å². The van der Waals surface area contributed by atoms with Gasteiger partial charge < -0.3 is 9.53 Å². The molecule has 0 N–H and O–H groups in total. The highest BCUT2D eigenvalue weighted by atomic mass is 32.1. The van der Waals surface area contributed by atoms with Crippen LogP contribution in [0, 0.1) is 5.82 Å². The SMILES string of the molecule is COc1ccc(-c2csc(CCC=O)n2)cc1F. The first-order chi connectivity index (χ1) is 8.74. The first-order valence-electron chi connectivity index (χ1n) is 5.46. The molecule has 1 heterocycles. The lowest BCUT2D eigenvalue weighted by molar-refractivity contribution is -0.107. The van der Waals surface area contributed by atoms with Gasteiger partial charge in [0.2, 0.25) is 0 Å². The first kappa shape index (κ1) is 12.7. The molecule has 0 aliphatic rings. The van der Waals surface area contributed by atoms with E-state index in [1.165, 1.54) is 24.5 Å². The molecule has 3 nitrogen and oxygen atoms in total. The van der Waals surface area contributed by atoms with Crippen molar-refractivity contribution in [3.05, 3.63) is 34.4 Å². The van der Waals surface area contributed by atoms with Crippen molar-refractivity contribution in [1.82, 2.24) is 4.98 Å². The van der Waals surface area contributed by atoms with E-state index in [-0.39, 0.29) is 5.75 Å². The summed E-state index contributed by atoms with van der Waals surface area (Å²) in [6, 6.07) is 4.74. The van der Waals surface area contributed by atoms with Gasteiger partial charge in [0.1, 0.15) is 6.29 Å². The maximum Gasteiger partial charge on any atom is 0.165 e. The fraction of sp³-hybridized carbons (Fsp3) is 0.231. The van der Waals surface area contributed by atoms with E-state index in [1.54, 1.807) is 12.1 Å². The molecular formula is C13H12FNO2S. The molecule has 0 spiro atoms. The maximum atomic E-state index is 13.5. The normalized spacial score (nSPS) is 10.3. The van der Waals surface area contributed by atoms with E-state index >= 15 is 0 Å². The van der Waals surface area contributed by atoms with Gasteiger partial charge in [0.25, 0.3) is 0 Å². The lowest BCUT2D eigenvalue weighted by Gasteiger charge is -2.02. The van der Waals surface area contributed by atoms with Crippen LogP contribution < -0.4 is 4.74 Å². The number of ether oxygens (including phenoxy) is 1. The Morgan fingerprint density at radius 3 is 3.00 bits per heavy atom. The Balaban J connectivity index is 2.23. The summed E-state index contributed by atoms with van der Waals surface area (Å²) in [4.78, 5) is 14.7. The molecule has 0 amide bonds. The number of aromatic nitrogens is 1. The highest BCUT2D eigenvalue weighted by Crippen LogP contribution is 2.26. The van der Waals surface area contributed by atoms with E-state index in [9.17, 15) is 9.18 Å². The average Bonchev–Trinajstić information content (AvgIpc) is 2.85. The third kappa shape index (κ3) is 2.73. The van der Waals surface area contributed by atoms with Gasteiger partial charge >= 0.3 is 0 Å². The fourth-order valence-electron chi connectivity index (χ4n) is 1.57. The summed E-state index contributed by atoms with van der Waals surface area (Å²) in [5.41, 5.74) is 1.43. The molecule has 1 aromatic carbocycles. The van der Waals surface area contributed by atoms with E-state index in [2.05, 4.69) is 4.98 Å². The van der Waals surface area contributed by atoms with Crippen molar-refractivity contribution in [3.8, 4) is 17.0 Å². The van der Waals surface area contributed by atoms with Crippen LogP contribution in [0.1, 0.15) is 11.4 Å². The van der Waals surface area contributed by atoms with Crippen molar-refractivity contribution in [2.75, 3.05) is 7.11 Å². The van der Waals surface area contributed by atoms with Gasteiger partial charge in [-0.15, -0.1) is 11.3 Å². The predicted molar refractivity (Wildman–Crippen MR) is 68.4 cm³/mol. The first-order valence-corrected chi connectivity index (χ1v) is 6.34. The molecule has 18 heavy (non-hydrogen) atoms. The number of aryl methyl sites for hydroxylation is 1. The van der Waals surface area contributed by atoms with Gasteiger partial charge in [-0.05, 0) is 18.2 Å². The van der Waals surface area contributed by atoms with Crippen molar-refractivity contribution in [2.45, 2.75) is 12.8 Å². The number of hydrogen-bond acceptors (Lipinski definition) is 4. The van der Waals surface area contributed by atoms with Crippen molar-refractivity contribution in [3.63, 3.8) is 0 Å². The number of carbonyl (C=O) groups excluding carboxylic acids is 1. The summed E-state index contributed by atoms with van der Waals surface area (Å²) in [5, 5.41) is 2.75. The zero-order valence-electron chi connectivity index (χ0n) is 9.85. The predicted octanol–water partition coefficient (Wildman–Crippen LogP) is 3.09. The number of carbonyl (C=O) groups is 1. The van der Waals surface area contributed by atoms with Crippen LogP contribution in [0.4, 0.5) is 4.39 Å². The molecule has 94 valence electrons. The molecule has 0 unspecified atom stereocenters. The molecule has 0 atom stereocenters. The zero-order chi connectivity index (χ0) is 13.0. The Morgan fingerprint density at radius 1 is 1.50 bits per heavy atom. The quantitative estimate of drug-likeness (QED) is 0.780. The van der Waals surface area contributed by atoms with Gasteiger partial charge in [0.05, 0.1) is 17.8 Å². The Morgan fingerprint density at radius 2 is 2.33 bits per heavy atom. The smallest absolute Gasteiger partial charge is 0.165 e. The van der Waals surface area contributed by atoms with E-state index in [0.717, 1.165) is 17.0 Å². The second-order valence-electron chi connectivity index (χ2n) is 3.68. The third-order valence-corrected chi connectivity index (χ3v) is 3.38. The molecule has 0 saturated carbocycles. The molecule has 0 aliphatic carbocycles. The molecule has 0 bridgehead atoms. The highest BCUT2D eigenvalue weighted by Gasteiger charge is 2.08. The molecular weight excluding hydrogens is 253 g/mol. The Labute approximate surface area is 108 Å². The van der Waals surface area contributed by atoms with Gasteiger partial charge in [-0.25, -0.2) is 9.37 Å². The molecule has 0 fully saturated rings. The van der Waals surface area contributed by atoms with Crippen molar-refractivity contribution < 1.29 is 13.9 Å². The second-order valence-corrected chi connectivity index (χ2v) is 4.62. The van der Waals surface area contributed by atoms with Crippen LogP contribution in [0.5, 0.6) is 5.75 Å². The minimum Gasteiger partial charge on any atom is -0.494 e. The van der Waals surface area contributed by atoms with Crippen LogP contribution in [-0.2, 0) is 11.2 Å². The fourth-order valence-corrected chi connectivity index (χ4v) is 2.39. The topological polar surface area (TPSA) is 39.2 Å². The zero-order valence-corrected chi connectivity index (χ0v) is 10.7. The third-order valence-electron chi connectivity index (χ3n) is 2.48. The minimum atomic E-state index is -0.405. The van der Waals surface area contributed by atoms with Gasteiger partial charge in [-0.3, -0.25) is 0 Å². The van der Waals surface area contributed by atoms with E-state index in [0.29, 0.717) is 18.4 Å². The molecule has 2 aromatic rings. The minimum absolute atomic E-state index is 0.218. The lowest BCUT2D eigenvalue weighted by Crippen LogP contribution is -1.89. The largest absolute Gasteiger partial charge is 0.494 e. The number of thiazole rings is 1. The van der Waals surface area contributed by atoms with Gasteiger partial charge in [0.15, 0.2) is 11.6 Å². The number of halogens is 1. The lowest BCUT2D eigenvalue weighted by atomic mass is 10.1. The summed E-state index contributed by atoms with van der Waals surface area (Å²) in [6.07, 6.45) is 1.96. The van der Waals surface area contributed by atoms with Gasteiger partial charge in [-0.1, -0.05) is 0 Å². The average molecular weight is 265 g/mol. The number of aldehydes is 1. The number of benzene rings is 1. The second kappa shape index (κ2) is 5.73. The molecule has 0 aliphatic heterocycles. The summed E-state index contributed by atoms with van der Waals surface area (Å²) in [5.74, 6) is -0.187. The molecule has 0 radical (unpaired) electrons. The molecule has 2 rings (SSSR count). The van der Waals surface area contributed by atoms with E-state index < -0.39 is 5.82 Å². The van der Waals surface area contributed by atoms with Crippen LogP contribution in [0.15, 0.2) is 23.6 Å².